The number of rotatable bonds is 4. The van der Waals surface area contributed by atoms with Crippen molar-refractivity contribution >= 4 is 28.9 Å². The quantitative estimate of drug-likeness (QED) is 0.794. The first-order valence-corrected chi connectivity index (χ1v) is 6.90. The first kappa shape index (κ1) is 14.8. The molecule has 20 heavy (non-hydrogen) atoms. The zero-order chi connectivity index (χ0) is 14.7. The monoisotopic (exact) mass is 311 g/mol. The lowest BCUT2D eigenvalue weighted by atomic mass is 10.2. The van der Waals surface area contributed by atoms with Crippen molar-refractivity contribution in [2.24, 2.45) is 0 Å². The van der Waals surface area contributed by atoms with E-state index >= 15 is 0 Å². The van der Waals surface area contributed by atoms with Gasteiger partial charge in [-0.3, -0.25) is 0 Å². The molecule has 0 unspecified atom stereocenters. The van der Waals surface area contributed by atoms with E-state index < -0.39 is 0 Å². The van der Waals surface area contributed by atoms with Crippen LogP contribution in [-0.4, -0.2) is 6.10 Å². The second-order valence-corrected chi connectivity index (χ2v) is 5.41. The van der Waals surface area contributed by atoms with Crippen LogP contribution < -0.4 is 15.2 Å². The number of nitrogens with two attached hydrogens (primary N) is 1. The number of para-hydroxylation sites is 1. The predicted molar refractivity (Wildman–Crippen MR) is 83.2 cm³/mol. The lowest BCUT2D eigenvalue weighted by molar-refractivity contribution is 0.243. The van der Waals surface area contributed by atoms with Gasteiger partial charge in [-0.05, 0) is 44.2 Å². The summed E-state index contributed by atoms with van der Waals surface area (Å²) in [5, 5.41) is 1.00. The van der Waals surface area contributed by atoms with Crippen LogP contribution in [0.2, 0.25) is 10.0 Å². The van der Waals surface area contributed by atoms with Crippen molar-refractivity contribution in [3.8, 4) is 17.2 Å². The first-order chi connectivity index (χ1) is 9.45. The zero-order valence-electron chi connectivity index (χ0n) is 11.2. The minimum Gasteiger partial charge on any atom is -0.489 e. The summed E-state index contributed by atoms with van der Waals surface area (Å²) in [6, 6.07) is 10.4. The van der Waals surface area contributed by atoms with Crippen molar-refractivity contribution in [1.29, 1.82) is 0 Å². The normalized spacial score (nSPS) is 10.7. The van der Waals surface area contributed by atoms with Gasteiger partial charge in [0, 0.05) is 10.0 Å². The summed E-state index contributed by atoms with van der Waals surface area (Å²) in [5.74, 6) is 1.61. The van der Waals surface area contributed by atoms with Crippen LogP contribution in [0.4, 0.5) is 5.69 Å². The van der Waals surface area contributed by atoms with E-state index in [9.17, 15) is 0 Å². The minimum absolute atomic E-state index is 0.0353. The number of hydrogen-bond donors (Lipinski definition) is 1. The van der Waals surface area contributed by atoms with E-state index in [2.05, 4.69) is 0 Å². The molecule has 2 rings (SSSR count). The van der Waals surface area contributed by atoms with Crippen LogP contribution in [0, 0.1) is 0 Å². The molecule has 0 fully saturated rings. The smallest absolute Gasteiger partial charge is 0.154 e. The maximum absolute atomic E-state index is 6.04. The first-order valence-electron chi connectivity index (χ1n) is 6.15. The molecular weight excluding hydrogens is 297 g/mol. The topological polar surface area (TPSA) is 44.5 Å². The van der Waals surface area contributed by atoms with Gasteiger partial charge in [0.25, 0.3) is 0 Å². The third-order valence-electron chi connectivity index (χ3n) is 2.45. The molecule has 5 heteroatoms. The van der Waals surface area contributed by atoms with E-state index in [-0.39, 0.29) is 6.10 Å². The Kier molecular flexibility index (Phi) is 4.63. The predicted octanol–water partition coefficient (Wildman–Crippen LogP) is 5.16. The molecule has 106 valence electrons. The lowest BCUT2D eigenvalue weighted by Gasteiger charge is -2.15. The Morgan fingerprint density at radius 2 is 1.60 bits per heavy atom. The van der Waals surface area contributed by atoms with Crippen LogP contribution >= 0.6 is 23.2 Å². The van der Waals surface area contributed by atoms with Crippen molar-refractivity contribution < 1.29 is 9.47 Å². The van der Waals surface area contributed by atoms with Gasteiger partial charge in [0.2, 0.25) is 0 Å². The Morgan fingerprint density at radius 3 is 2.20 bits per heavy atom. The molecule has 0 spiro atoms. The van der Waals surface area contributed by atoms with E-state index in [0.29, 0.717) is 33.0 Å². The molecule has 2 N–H and O–H groups in total. The Hall–Kier alpha value is -1.58. The molecule has 3 nitrogen and oxygen atoms in total. The van der Waals surface area contributed by atoms with Crippen LogP contribution in [0.15, 0.2) is 36.4 Å². The minimum atomic E-state index is 0.0353. The van der Waals surface area contributed by atoms with Crippen molar-refractivity contribution in [3.05, 3.63) is 46.4 Å². The van der Waals surface area contributed by atoms with Gasteiger partial charge in [0.05, 0.1) is 6.10 Å². The van der Waals surface area contributed by atoms with E-state index in [1.54, 1.807) is 30.3 Å². The molecule has 0 radical (unpaired) electrons. The number of hydrogen-bond acceptors (Lipinski definition) is 3. The third-order valence-corrected chi connectivity index (χ3v) is 2.89. The SMILES string of the molecule is CC(C)Oc1cccc(Oc2cc(Cl)cc(Cl)c2)c1N. The van der Waals surface area contributed by atoms with E-state index in [0.717, 1.165) is 0 Å². The summed E-state index contributed by atoms with van der Waals surface area (Å²) < 4.78 is 11.3. The van der Waals surface area contributed by atoms with Gasteiger partial charge >= 0.3 is 0 Å². The van der Waals surface area contributed by atoms with Crippen molar-refractivity contribution in [3.63, 3.8) is 0 Å². The number of ether oxygens (including phenoxy) is 2. The summed E-state index contributed by atoms with van der Waals surface area (Å²) in [6.45, 7) is 3.87. The number of benzene rings is 2. The van der Waals surface area contributed by atoms with Crippen LogP contribution in [0.3, 0.4) is 0 Å². The summed E-state index contributed by atoms with van der Waals surface area (Å²) in [5.41, 5.74) is 6.48. The van der Waals surface area contributed by atoms with Gasteiger partial charge in [-0.2, -0.15) is 0 Å². The molecule has 2 aromatic carbocycles. The maximum Gasteiger partial charge on any atom is 0.154 e. The second-order valence-electron chi connectivity index (χ2n) is 4.54. The lowest BCUT2D eigenvalue weighted by Crippen LogP contribution is -2.07. The molecule has 0 atom stereocenters. The summed E-state index contributed by atoms with van der Waals surface area (Å²) in [7, 11) is 0. The van der Waals surface area contributed by atoms with Gasteiger partial charge in [-0.25, -0.2) is 0 Å². The Morgan fingerprint density at radius 1 is 1.00 bits per heavy atom. The molecule has 0 saturated carbocycles. The molecule has 2 aromatic rings. The molecule has 0 bridgehead atoms. The van der Waals surface area contributed by atoms with Gasteiger partial charge < -0.3 is 15.2 Å². The molecule has 0 aliphatic heterocycles. The molecule has 0 aliphatic carbocycles. The van der Waals surface area contributed by atoms with E-state index in [1.165, 1.54) is 0 Å². The van der Waals surface area contributed by atoms with Crippen LogP contribution in [0.5, 0.6) is 17.2 Å². The highest BCUT2D eigenvalue weighted by Gasteiger charge is 2.10. The van der Waals surface area contributed by atoms with E-state index in [4.69, 9.17) is 38.4 Å². The van der Waals surface area contributed by atoms with Crippen LogP contribution in [0.1, 0.15) is 13.8 Å². The molecule has 0 amide bonds. The highest BCUT2D eigenvalue weighted by molar-refractivity contribution is 6.34. The van der Waals surface area contributed by atoms with Crippen molar-refractivity contribution in [2.75, 3.05) is 5.73 Å². The molecule has 0 aliphatic rings. The maximum atomic E-state index is 6.04. The fraction of sp³-hybridized carbons (Fsp3) is 0.200. The average molecular weight is 312 g/mol. The number of anilines is 1. The third kappa shape index (κ3) is 3.71. The Bertz CT molecular complexity index is 595. The van der Waals surface area contributed by atoms with Crippen molar-refractivity contribution in [1.82, 2.24) is 0 Å². The number of halogens is 2. The van der Waals surface area contributed by atoms with Gasteiger partial charge in [0.15, 0.2) is 5.75 Å². The van der Waals surface area contributed by atoms with Crippen LogP contribution in [-0.2, 0) is 0 Å². The zero-order valence-corrected chi connectivity index (χ0v) is 12.7. The fourth-order valence-corrected chi connectivity index (χ4v) is 2.19. The Balaban J connectivity index is 2.29. The molecule has 0 heterocycles. The van der Waals surface area contributed by atoms with Gasteiger partial charge in [-0.1, -0.05) is 29.3 Å². The molecule has 0 saturated heterocycles. The van der Waals surface area contributed by atoms with Crippen molar-refractivity contribution in [2.45, 2.75) is 20.0 Å². The fourth-order valence-electron chi connectivity index (χ4n) is 1.68. The van der Waals surface area contributed by atoms with E-state index in [1.807, 2.05) is 19.9 Å². The van der Waals surface area contributed by atoms with Gasteiger partial charge in [-0.15, -0.1) is 0 Å². The molecule has 0 aromatic heterocycles. The summed E-state index contributed by atoms with van der Waals surface area (Å²) >= 11 is 11.9. The van der Waals surface area contributed by atoms with Crippen LogP contribution in [0.25, 0.3) is 0 Å². The summed E-state index contributed by atoms with van der Waals surface area (Å²) in [4.78, 5) is 0. The van der Waals surface area contributed by atoms with Gasteiger partial charge in [0.1, 0.15) is 17.2 Å². The second kappa shape index (κ2) is 6.25. The molecular formula is C15H15Cl2NO2. The number of nitrogen functional groups attached to an aromatic ring is 1. The average Bonchev–Trinajstić information content (AvgIpc) is 2.32. The largest absolute Gasteiger partial charge is 0.489 e. The standard InChI is InChI=1S/C15H15Cl2NO2/c1-9(2)19-13-4-3-5-14(15(13)18)20-12-7-10(16)6-11(17)8-12/h3-9H,18H2,1-2H3. The highest BCUT2D eigenvalue weighted by atomic mass is 35.5. The highest BCUT2D eigenvalue weighted by Crippen LogP contribution is 2.36. The Labute approximate surface area is 128 Å². The summed E-state index contributed by atoms with van der Waals surface area (Å²) in [6.07, 6.45) is 0.0353.